The average Bonchev–Trinajstić information content (AvgIpc) is 3.62. The van der Waals surface area contributed by atoms with Gasteiger partial charge in [-0.1, -0.05) is 12.1 Å². The van der Waals surface area contributed by atoms with E-state index in [-0.39, 0.29) is 31.2 Å². The third-order valence-corrected chi connectivity index (χ3v) is 13.2. The van der Waals surface area contributed by atoms with Gasteiger partial charge in [-0.25, -0.2) is 4.79 Å². The maximum atomic E-state index is 14.7. The van der Waals surface area contributed by atoms with Crippen molar-refractivity contribution in [2.75, 3.05) is 53.5 Å². The molecule has 6 heterocycles. The van der Waals surface area contributed by atoms with Gasteiger partial charge in [0.15, 0.2) is 28.5 Å². The zero-order valence-corrected chi connectivity index (χ0v) is 32.1. The number of nitrogens with one attached hydrogen (secondary N) is 2. The first kappa shape index (κ1) is 35.8. The number of aryl methyl sites for hydroxylation is 3. The summed E-state index contributed by atoms with van der Waals surface area (Å²) < 4.78 is 36.5. The molecule has 0 aromatic heterocycles. The lowest BCUT2D eigenvalue weighted by molar-refractivity contribution is -0.154. The van der Waals surface area contributed by atoms with E-state index in [1.54, 1.807) is 26.0 Å². The van der Waals surface area contributed by atoms with Crippen LogP contribution in [-0.4, -0.2) is 81.5 Å². The Bertz CT molecular complexity index is 2020. The number of aromatic hydroxyl groups is 1. The molecular weight excluding hydrogens is 699 g/mol. The highest BCUT2D eigenvalue weighted by Gasteiger charge is 2.55. The molecule has 6 aliphatic rings. The van der Waals surface area contributed by atoms with E-state index in [4.69, 9.17) is 28.4 Å². The van der Waals surface area contributed by atoms with Crippen molar-refractivity contribution in [1.82, 2.24) is 15.5 Å². The Morgan fingerprint density at radius 1 is 1.00 bits per heavy atom. The minimum absolute atomic E-state index is 0.00629. The van der Waals surface area contributed by atoms with E-state index in [0.717, 1.165) is 63.8 Å². The van der Waals surface area contributed by atoms with Gasteiger partial charge in [0.2, 0.25) is 6.79 Å². The maximum absolute atomic E-state index is 14.7. The Hall–Kier alpha value is -4.17. The highest BCUT2D eigenvalue weighted by atomic mass is 32.2. The van der Waals surface area contributed by atoms with Crippen LogP contribution in [0.2, 0.25) is 0 Å². The van der Waals surface area contributed by atoms with Crippen LogP contribution < -0.4 is 34.3 Å². The van der Waals surface area contributed by atoms with E-state index < -0.39 is 28.8 Å². The molecule has 3 N–H and O–H groups in total. The molecular formula is C40H47N3O9S. The van der Waals surface area contributed by atoms with Crippen LogP contribution in [0.3, 0.4) is 0 Å². The average molecular weight is 746 g/mol. The molecule has 0 amide bonds. The first-order valence-electron chi connectivity index (χ1n) is 18.2. The van der Waals surface area contributed by atoms with Gasteiger partial charge < -0.3 is 38.8 Å². The van der Waals surface area contributed by atoms with Crippen molar-refractivity contribution in [2.24, 2.45) is 0 Å². The number of hydrogen-bond donors (Lipinski definition) is 3. The minimum Gasteiger partial charge on any atom is -0.504 e. The second kappa shape index (κ2) is 13.6. The Balaban J connectivity index is 1.40. The van der Waals surface area contributed by atoms with Crippen molar-refractivity contribution < 1.29 is 43.1 Å². The van der Waals surface area contributed by atoms with E-state index >= 15 is 0 Å². The van der Waals surface area contributed by atoms with Crippen LogP contribution in [-0.2, 0) is 32.7 Å². The van der Waals surface area contributed by atoms with Gasteiger partial charge in [-0.3, -0.25) is 15.0 Å². The van der Waals surface area contributed by atoms with E-state index in [1.807, 2.05) is 33.9 Å². The number of benzene rings is 3. The molecule has 12 nitrogen and oxygen atoms in total. The van der Waals surface area contributed by atoms with E-state index in [0.29, 0.717) is 53.2 Å². The van der Waals surface area contributed by atoms with E-state index in [1.165, 1.54) is 6.92 Å². The van der Waals surface area contributed by atoms with Crippen LogP contribution in [0, 0.1) is 20.8 Å². The van der Waals surface area contributed by atoms with Gasteiger partial charge in [0.05, 0.1) is 31.6 Å². The predicted octanol–water partition coefficient (Wildman–Crippen LogP) is 4.99. The fourth-order valence-corrected chi connectivity index (χ4v) is 11.2. The summed E-state index contributed by atoms with van der Waals surface area (Å²) in [4.78, 5) is 30.0. The summed E-state index contributed by atoms with van der Waals surface area (Å²) in [5.74, 6) is 2.27. The standard InChI is InChI=1S/C40H47N3O9S/c1-19-13-23-10-11-42-40(25(23)15-27(19)47-6)17-53-38-30-29(37-36(50-18-51-37)21(3)35(30)52-22(4)44)26(16-49-39(40)46)43-12-8-9-24-14-20(2)34(48-7)33(45)28(24)31(41-5)32(38)43/h13-15,26,31-32,38,41-42,45H,8-12,16-18H2,1-7H3/t26?,31-,32?,38?,40-/m1/s1. The number of thioether (sulfide) groups is 1. The number of hydrogen-bond acceptors (Lipinski definition) is 13. The van der Waals surface area contributed by atoms with Gasteiger partial charge in [0.25, 0.3) is 0 Å². The Morgan fingerprint density at radius 3 is 2.51 bits per heavy atom. The van der Waals surface area contributed by atoms with Crippen LogP contribution in [0.5, 0.6) is 34.5 Å². The zero-order chi connectivity index (χ0) is 37.3. The number of phenolic OH excluding ortho intramolecular Hbond substituents is 1. The van der Waals surface area contributed by atoms with Crippen LogP contribution in [0.1, 0.15) is 80.7 Å². The summed E-state index contributed by atoms with van der Waals surface area (Å²) in [5, 5.41) is 18.8. The van der Waals surface area contributed by atoms with Crippen LogP contribution in [0.25, 0.3) is 0 Å². The van der Waals surface area contributed by atoms with E-state index in [9.17, 15) is 14.7 Å². The number of rotatable bonds is 4. The lowest BCUT2D eigenvalue weighted by Gasteiger charge is -2.53. The monoisotopic (exact) mass is 745 g/mol. The molecule has 6 aliphatic heterocycles. The SMILES string of the molecule is CN[C@@H]1c2c(cc(C)c(OC)c2O)CCCN2C3COC(=O)[C@]4(CSC(c5c(OC(C)=O)c(C)c6c(c53)OCO6)C12)NCCc1cc(C)c(OC)cc14. The lowest BCUT2D eigenvalue weighted by Crippen LogP contribution is -2.59. The van der Waals surface area contributed by atoms with Crippen LogP contribution in [0.15, 0.2) is 18.2 Å². The second-order valence-corrected chi connectivity index (χ2v) is 15.7. The second-order valence-electron chi connectivity index (χ2n) is 14.6. The lowest BCUT2D eigenvalue weighted by atomic mass is 9.78. The van der Waals surface area contributed by atoms with Crippen molar-refractivity contribution in [3.63, 3.8) is 0 Å². The summed E-state index contributed by atoms with van der Waals surface area (Å²) in [6.45, 7) is 8.53. The van der Waals surface area contributed by atoms with E-state index in [2.05, 4.69) is 27.7 Å². The number of esters is 2. The van der Waals surface area contributed by atoms with Gasteiger partial charge in [-0.2, -0.15) is 0 Å². The van der Waals surface area contributed by atoms with Crippen molar-refractivity contribution in [3.8, 4) is 34.5 Å². The normalized spacial score (nSPS) is 26.0. The van der Waals surface area contributed by atoms with Crippen LogP contribution >= 0.6 is 11.8 Å². The fourth-order valence-electron chi connectivity index (χ4n) is 9.50. The number of carbonyl (C=O) groups excluding carboxylic acids is 2. The third kappa shape index (κ3) is 5.45. The molecule has 53 heavy (non-hydrogen) atoms. The largest absolute Gasteiger partial charge is 0.504 e. The molecule has 3 unspecified atom stereocenters. The summed E-state index contributed by atoms with van der Waals surface area (Å²) in [6.07, 6.45) is 2.26. The van der Waals surface area contributed by atoms with Gasteiger partial charge in [-0.05, 0) is 87.5 Å². The number of likely N-dealkylation sites (N-methyl/N-ethyl adjacent to an activating group) is 1. The van der Waals surface area contributed by atoms with Gasteiger partial charge in [0.1, 0.15) is 18.1 Å². The molecule has 0 saturated carbocycles. The Morgan fingerprint density at radius 2 is 1.77 bits per heavy atom. The van der Waals surface area contributed by atoms with Crippen LogP contribution in [0.4, 0.5) is 0 Å². The number of nitrogens with zero attached hydrogens (tertiary/aromatic N) is 1. The smallest absolute Gasteiger partial charge is 0.331 e. The first-order valence-corrected chi connectivity index (χ1v) is 19.3. The maximum Gasteiger partial charge on any atom is 0.331 e. The number of methoxy groups -OCH3 is 2. The number of ether oxygens (including phenoxy) is 6. The summed E-state index contributed by atoms with van der Waals surface area (Å²) in [7, 11) is 5.12. The first-order chi connectivity index (χ1) is 25.5. The highest BCUT2D eigenvalue weighted by molar-refractivity contribution is 7.99. The predicted molar refractivity (Wildman–Crippen MR) is 199 cm³/mol. The molecule has 1 spiro atoms. The molecule has 3 aromatic carbocycles. The quantitative estimate of drug-likeness (QED) is 0.245. The molecule has 9 rings (SSSR count). The highest BCUT2D eigenvalue weighted by Crippen LogP contribution is 2.61. The molecule has 3 aromatic rings. The number of carbonyl (C=O) groups is 2. The van der Waals surface area contributed by atoms with Crippen molar-refractivity contribution >= 4 is 23.7 Å². The molecule has 13 heteroatoms. The molecule has 1 fully saturated rings. The summed E-state index contributed by atoms with van der Waals surface area (Å²) in [5.41, 5.74) is 6.69. The van der Waals surface area contributed by atoms with Crippen molar-refractivity contribution in [1.29, 1.82) is 0 Å². The topological polar surface area (TPSA) is 137 Å². The molecule has 0 aliphatic carbocycles. The molecule has 0 radical (unpaired) electrons. The zero-order valence-electron chi connectivity index (χ0n) is 31.3. The summed E-state index contributed by atoms with van der Waals surface area (Å²) >= 11 is 1.61. The Kier molecular flexibility index (Phi) is 9.19. The summed E-state index contributed by atoms with van der Waals surface area (Å²) in [6, 6.07) is 4.97. The van der Waals surface area contributed by atoms with Crippen molar-refractivity contribution in [2.45, 2.75) is 75.9 Å². The van der Waals surface area contributed by atoms with Gasteiger partial charge in [-0.15, -0.1) is 11.8 Å². The molecule has 5 atom stereocenters. The van der Waals surface area contributed by atoms with Gasteiger partial charge >= 0.3 is 11.9 Å². The molecule has 1 saturated heterocycles. The van der Waals surface area contributed by atoms with Crippen molar-refractivity contribution in [3.05, 3.63) is 68.3 Å². The Labute approximate surface area is 313 Å². The third-order valence-electron chi connectivity index (χ3n) is 11.7. The fraction of sp³-hybridized carbons (Fsp3) is 0.500. The van der Waals surface area contributed by atoms with Gasteiger partial charge in [0, 0.05) is 47.5 Å². The molecule has 282 valence electrons. The molecule has 2 bridgehead atoms. The number of phenols is 1. The number of fused-ring (bicyclic) bond motifs is 6. The minimum atomic E-state index is -1.19.